The number of hydrogen-bond donors (Lipinski definition) is 0. The summed E-state index contributed by atoms with van der Waals surface area (Å²) in [5.41, 5.74) is -0.0612. The number of rotatable bonds is 2. The fourth-order valence-electron chi connectivity index (χ4n) is 3.48. The minimum Gasteiger partial charge on any atom is -0.347 e. The summed E-state index contributed by atoms with van der Waals surface area (Å²) >= 11 is 1.57. The van der Waals surface area contributed by atoms with E-state index in [9.17, 15) is 13.2 Å². The van der Waals surface area contributed by atoms with Crippen molar-refractivity contribution < 1.29 is 13.2 Å². The van der Waals surface area contributed by atoms with Crippen LogP contribution in [0, 0.1) is 0 Å². The summed E-state index contributed by atoms with van der Waals surface area (Å²) in [6.07, 6.45) is -1.65. The van der Waals surface area contributed by atoms with Crippen LogP contribution >= 0.6 is 11.3 Å². The lowest BCUT2D eigenvalue weighted by molar-refractivity contribution is -0.141. The molecule has 1 aliphatic heterocycles. The standard InChI is InChI=1S/C17H13F3N6S/c18-17(19,20)13-8-14(26-16(24-13)21-9-22-26)25-7-3-5-11(25)15-23-10-4-1-2-6-12(10)27-15/h1-2,4,6,8-9,11H,3,5,7H2. The molecule has 4 heterocycles. The Hall–Kier alpha value is -2.75. The first-order chi connectivity index (χ1) is 13.0. The third-order valence-electron chi connectivity index (χ3n) is 4.67. The highest BCUT2D eigenvalue weighted by Gasteiger charge is 2.37. The van der Waals surface area contributed by atoms with E-state index < -0.39 is 11.9 Å². The molecule has 0 amide bonds. The lowest BCUT2D eigenvalue weighted by Gasteiger charge is -2.25. The topological polar surface area (TPSA) is 59.2 Å². The number of halogens is 3. The Labute approximate surface area is 155 Å². The maximum Gasteiger partial charge on any atom is 0.433 e. The average molecular weight is 390 g/mol. The van der Waals surface area contributed by atoms with Crippen molar-refractivity contribution in [2.45, 2.75) is 25.1 Å². The predicted octanol–water partition coefficient (Wildman–Crippen LogP) is 4.09. The summed E-state index contributed by atoms with van der Waals surface area (Å²) in [5, 5.41) is 4.97. The third kappa shape index (κ3) is 2.71. The van der Waals surface area contributed by atoms with Crippen molar-refractivity contribution in [1.29, 1.82) is 0 Å². The van der Waals surface area contributed by atoms with Gasteiger partial charge in [0.1, 0.15) is 17.2 Å². The maximum atomic E-state index is 13.3. The van der Waals surface area contributed by atoms with Crippen molar-refractivity contribution in [3.8, 4) is 0 Å². The van der Waals surface area contributed by atoms with E-state index in [2.05, 4.69) is 15.1 Å². The molecule has 6 nitrogen and oxygen atoms in total. The summed E-state index contributed by atoms with van der Waals surface area (Å²) in [6.45, 7) is 0.622. The molecule has 5 rings (SSSR count). The minimum atomic E-state index is -4.55. The highest BCUT2D eigenvalue weighted by Crippen LogP contribution is 2.40. The van der Waals surface area contributed by atoms with Crippen molar-refractivity contribution >= 4 is 33.1 Å². The number of para-hydroxylation sites is 1. The highest BCUT2D eigenvalue weighted by atomic mass is 32.1. The van der Waals surface area contributed by atoms with E-state index in [1.165, 1.54) is 10.8 Å². The molecule has 0 bridgehead atoms. The largest absolute Gasteiger partial charge is 0.433 e. The molecule has 1 fully saturated rings. The molecule has 10 heteroatoms. The van der Waals surface area contributed by atoms with Gasteiger partial charge in [0, 0.05) is 12.6 Å². The van der Waals surface area contributed by atoms with Gasteiger partial charge in [-0.1, -0.05) is 12.1 Å². The summed E-state index contributed by atoms with van der Waals surface area (Å²) in [6, 6.07) is 8.77. The first-order valence-corrected chi connectivity index (χ1v) is 9.22. The molecule has 0 aliphatic carbocycles. The van der Waals surface area contributed by atoms with Crippen LogP contribution in [0.5, 0.6) is 0 Å². The second-order valence-corrected chi connectivity index (χ2v) is 7.40. The van der Waals surface area contributed by atoms with E-state index >= 15 is 0 Å². The second-order valence-electron chi connectivity index (χ2n) is 6.34. The molecule has 4 aromatic rings. The molecule has 1 aromatic carbocycles. The van der Waals surface area contributed by atoms with Crippen molar-refractivity contribution in [1.82, 2.24) is 24.6 Å². The molecule has 1 aliphatic rings. The lowest BCUT2D eigenvalue weighted by atomic mass is 10.2. The van der Waals surface area contributed by atoms with Crippen molar-refractivity contribution in [3.05, 3.63) is 47.4 Å². The Kier molecular flexibility index (Phi) is 3.58. The number of aromatic nitrogens is 5. The van der Waals surface area contributed by atoms with E-state index in [4.69, 9.17) is 4.98 Å². The Balaban J connectivity index is 1.63. The monoisotopic (exact) mass is 390 g/mol. The molecule has 0 N–H and O–H groups in total. The molecule has 0 spiro atoms. The van der Waals surface area contributed by atoms with Gasteiger partial charge in [0.25, 0.3) is 5.78 Å². The number of fused-ring (bicyclic) bond motifs is 2. The van der Waals surface area contributed by atoms with Crippen LogP contribution in [0.4, 0.5) is 19.0 Å². The van der Waals surface area contributed by atoms with Crippen LogP contribution < -0.4 is 4.90 Å². The fourth-order valence-corrected chi connectivity index (χ4v) is 4.59. The Morgan fingerprint density at radius 3 is 2.81 bits per heavy atom. The van der Waals surface area contributed by atoms with Gasteiger partial charge < -0.3 is 4.90 Å². The van der Waals surface area contributed by atoms with E-state index in [0.717, 1.165) is 34.1 Å². The lowest BCUT2D eigenvalue weighted by Crippen LogP contribution is -2.26. The molecule has 3 aromatic heterocycles. The van der Waals surface area contributed by atoms with Gasteiger partial charge in [-0.2, -0.15) is 27.8 Å². The zero-order valence-electron chi connectivity index (χ0n) is 13.9. The van der Waals surface area contributed by atoms with Gasteiger partial charge in [-0.15, -0.1) is 11.3 Å². The smallest absolute Gasteiger partial charge is 0.347 e. The molecule has 0 radical (unpaired) electrons. The summed E-state index contributed by atoms with van der Waals surface area (Å²) < 4.78 is 42.3. The van der Waals surface area contributed by atoms with Gasteiger partial charge in [-0.25, -0.2) is 9.97 Å². The van der Waals surface area contributed by atoms with Crippen LogP contribution in [-0.2, 0) is 6.18 Å². The average Bonchev–Trinajstić information content (AvgIpc) is 3.37. The molecule has 27 heavy (non-hydrogen) atoms. The summed E-state index contributed by atoms with van der Waals surface area (Å²) in [4.78, 5) is 14.1. The van der Waals surface area contributed by atoms with Crippen LogP contribution in [0.1, 0.15) is 29.6 Å². The molecular formula is C17H13F3N6S. The third-order valence-corrected chi connectivity index (χ3v) is 5.80. The number of alkyl halides is 3. The second kappa shape index (κ2) is 5.88. The van der Waals surface area contributed by atoms with Gasteiger partial charge in [-0.3, -0.25) is 0 Å². The molecule has 0 saturated carbocycles. The van der Waals surface area contributed by atoms with Gasteiger partial charge in [0.05, 0.1) is 16.3 Å². The summed E-state index contributed by atoms with van der Waals surface area (Å²) in [7, 11) is 0. The Morgan fingerprint density at radius 2 is 2.00 bits per heavy atom. The zero-order chi connectivity index (χ0) is 18.6. The first-order valence-electron chi connectivity index (χ1n) is 8.41. The number of anilines is 1. The molecular weight excluding hydrogens is 377 g/mol. The van der Waals surface area contributed by atoms with Gasteiger partial charge in [-0.05, 0) is 25.0 Å². The number of nitrogens with zero attached hydrogens (tertiary/aromatic N) is 6. The van der Waals surface area contributed by atoms with Crippen molar-refractivity contribution in [3.63, 3.8) is 0 Å². The minimum absolute atomic E-state index is 0.0604. The predicted molar refractivity (Wildman–Crippen MR) is 94.7 cm³/mol. The van der Waals surface area contributed by atoms with Gasteiger partial charge in [0.15, 0.2) is 5.69 Å². The molecule has 1 unspecified atom stereocenters. The van der Waals surface area contributed by atoms with Crippen LogP contribution in [0.15, 0.2) is 36.7 Å². The van der Waals surface area contributed by atoms with Crippen molar-refractivity contribution in [2.24, 2.45) is 0 Å². The quantitative estimate of drug-likeness (QED) is 0.516. The van der Waals surface area contributed by atoms with Crippen LogP contribution in [0.25, 0.3) is 16.0 Å². The molecule has 138 valence electrons. The first kappa shape index (κ1) is 16.4. The van der Waals surface area contributed by atoms with E-state index in [1.807, 2.05) is 29.2 Å². The van der Waals surface area contributed by atoms with E-state index in [1.54, 1.807) is 11.3 Å². The van der Waals surface area contributed by atoms with E-state index in [-0.39, 0.29) is 11.8 Å². The van der Waals surface area contributed by atoms with E-state index in [0.29, 0.717) is 12.4 Å². The maximum absolute atomic E-state index is 13.3. The fraction of sp³-hybridized carbons (Fsp3) is 0.294. The Morgan fingerprint density at radius 1 is 1.15 bits per heavy atom. The summed E-state index contributed by atoms with van der Waals surface area (Å²) in [5.74, 6) is 0.279. The number of benzene rings is 1. The molecule has 1 atom stereocenters. The van der Waals surface area contributed by atoms with Crippen LogP contribution in [-0.4, -0.2) is 31.1 Å². The highest BCUT2D eigenvalue weighted by molar-refractivity contribution is 7.18. The normalized spacial score (nSPS) is 18.0. The number of hydrogen-bond acceptors (Lipinski definition) is 6. The van der Waals surface area contributed by atoms with Crippen LogP contribution in [0.2, 0.25) is 0 Å². The van der Waals surface area contributed by atoms with Crippen molar-refractivity contribution in [2.75, 3.05) is 11.4 Å². The van der Waals surface area contributed by atoms with Crippen LogP contribution in [0.3, 0.4) is 0 Å². The van der Waals surface area contributed by atoms with Gasteiger partial charge >= 0.3 is 6.18 Å². The van der Waals surface area contributed by atoms with Gasteiger partial charge in [0.2, 0.25) is 0 Å². The SMILES string of the molecule is FC(F)(F)c1cc(N2CCCC2c2nc3ccccc3s2)n2ncnc2n1. The number of thiazole rings is 1. The Bertz CT molecular complexity index is 1100. The molecule has 1 saturated heterocycles. The zero-order valence-corrected chi connectivity index (χ0v) is 14.7.